The number of rotatable bonds is 3. The van der Waals surface area contributed by atoms with Gasteiger partial charge in [0.2, 0.25) is 0 Å². The number of nitrogens with zero attached hydrogens (tertiary/aromatic N) is 2. The van der Waals surface area contributed by atoms with Gasteiger partial charge in [-0.2, -0.15) is 0 Å². The van der Waals surface area contributed by atoms with E-state index < -0.39 is 0 Å². The van der Waals surface area contributed by atoms with Crippen molar-refractivity contribution in [3.63, 3.8) is 0 Å². The zero-order valence-corrected chi connectivity index (χ0v) is 17.1. The van der Waals surface area contributed by atoms with Crippen LogP contribution in [0.4, 0.5) is 0 Å². The lowest BCUT2D eigenvalue weighted by Crippen LogP contribution is -2.39. The fourth-order valence-corrected chi connectivity index (χ4v) is 5.33. The second kappa shape index (κ2) is 7.48. The first-order valence-corrected chi connectivity index (χ1v) is 10.8. The quantitative estimate of drug-likeness (QED) is 0.456. The maximum Gasteiger partial charge on any atom is 0.254 e. The third kappa shape index (κ3) is 3.25. The molecule has 1 fully saturated rings. The number of benzene rings is 3. The van der Waals surface area contributed by atoms with Gasteiger partial charge in [-0.3, -0.25) is 4.79 Å². The Kier molecular flexibility index (Phi) is 4.68. The van der Waals surface area contributed by atoms with E-state index in [4.69, 9.17) is 9.72 Å². The van der Waals surface area contributed by atoms with Crippen LogP contribution >= 0.6 is 11.3 Å². The number of ether oxygens (including phenoxy) is 1. The summed E-state index contributed by atoms with van der Waals surface area (Å²) in [7, 11) is 1.66. The van der Waals surface area contributed by atoms with Gasteiger partial charge in [0.1, 0.15) is 5.75 Å². The molecule has 1 atom stereocenters. The van der Waals surface area contributed by atoms with Crippen molar-refractivity contribution < 1.29 is 9.53 Å². The highest BCUT2D eigenvalue weighted by molar-refractivity contribution is 7.18. The Labute approximate surface area is 173 Å². The lowest BCUT2D eigenvalue weighted by Gasteiger charge is -2.32. The normalized spacial score (nSPS) is 17.0. The summed E-state index contributed by atoms with van der Waals surface area (Å²) in [6.45, 7) is 1.51. The Balaban J connectivity index is 1.45. The molecule has 1 aliphatic rings. The monoisotopic (exact) mass is 402 g/mol. The number of likely N-dealkylation sites (tertiary alicyclic amines) is 1. The van der Waals surface area contributed by atoms with Crippen molar-refractivity contribution in [1.82, 2.24) is 9.88 Å². The summed E-state index contributed by atoms with van der Waals surface area (Å²) in [5, 5.41) is 3.06. The standard InChI is InChI=1S/C24H22N2O2S/c1-28-21-13-12-19(17-8-2-3-9-18(17)21)24(27)26-14-6-7-16(15-26)23-25-20-10-4-5-11-22(20)29-23/h2-5,8-13,16H,6-7,14-15H2,1H3/t16-/m0/s1. The van der Waals surface area contributed by atoms with Gasteiger partial charge in [-0.25, -0.2) is 4.98 Å². The van der Waals surface area contributed by atoms with Crippen LogP contribution in [0.1, 0.15) is 34.1 Å². The van der Waals surface area contributed by atoms with Gasteiger partial charge in [0.05, 0.1) is 22.3 Å². The van der Waals surface area contributed by atoms with Gasteiger partial charge in [-0.1, -0.05) is 36.4 Å². The van der Waals surface area contributed by atoms with Crippen LogP contribution in [0.2, 0.25) is 0 Å². The minimum Gasteiger partial charge on any atom is -0.496 e. The molecule has 0 aliphatic carbocycles. The minimum absolute atomic E-state index is 0.0923. The summed E-state index contributed by atoms with van der Waals surface area (Å²) in [5.41, 5.74) is 1.79. The number of fused-ring (bicyclic) bond motifs is 2. The van der Waals surface area contributed by atoms with Gasteiger partial charge in [0, 0.05) is 30.0 Å². The van der Waals surface area contributed by atoms with Crippen LogP contribution in [-0.4, -0.2) is 36.0 Å². The first kappa shape index (κ1) is 18.1. The number of carbonyl (C=O) groups is 1. The number of piperidine rings is 1. The van der Waals surface area contributed by atoms with E-state index in [2.05, 4.69) is 18.2 Å². The molecule has 146 valence electrons. The van der Waals surface area contributed by atoms with E-state index in [1.54, 1.807) is 18.4 Å². The van der Waals surface area contributed by atoms with E-state index in [9.17, 15) is 4.79 Å². The molecular weight excluding hydrogens is 380 g/mol. The third-order valence-corrected chi connectivity index (χ3v) is 6.90. The molecule has 0 bridgehead atoms. The number of carbonyl (C=O) groups excluding carboxylic acids is 1. The number of aromatic nitrogens is 1. The van der Waals surface area contributed by atoms with Crippen molar-refractivity contribution in [2.24, 2.45) is 0 Å². The van der Waals surface area contributed by atoms with E-state index in [0.717, 1.165) is 58.5 Å². The molecule has 1 aliphatic heterocycles. The molecule has 5 rings (SSSR count). The van der Waals surface area contributed by atoms with Crippen molar-refractivity contribution in [3.05, 3.63) is 71.2 Å². The zero-order valence-electron chi connectivity index (χ0n) is 16.3. The maximum absolute atomic E-state index is 13.4. The smallest absolute Gasteiger partial charge is 0.254 e. The van der Waals surface area contributed by atoms with Crippen molar-refractivity contribution in [2.45, 2.75) is 18.8 Å². The van der Waals surface area contributed by atoms with E-state index in [0.29, 0.717) is 5.92 Å². The number of hydrogen-bond donors (Lipinski definition) is 0. The number of para-hydroxylation sites is 1. The topological polar surface area (TPSA) is 42.4 Å². The molecule has 1 aromatic heterocycles. The van der Waals surface area contributed by atoms with Crippen molar-refractivity contribution in [3.8, 4) is 5.75 Å². The molecule has 0 saturated carbocycles. The fourth-order valence-electron chi connectivity index (χ4n) is 4.23. The predicted octanol–water partition coefficient (Wildman–Crippen LogP) is 5.48. The van der Waals surface area contributed by atoms with E-state index in [-0.39, 0.29) is 5.91 Å². The maximum atomic E-state index is 13.4. The summed E-state index contributed by atoms with van der Waals surface area (Å²) in [6.07, 6.45) is 2.08. The highest BCUT2D eigenvalue weighted by Crippen LogP contribution is 2.34. The van der Waals surface area contributed by atoms with Gasteiger partial charge in [-0.15, -0.1) is 11.3 Å². The summed E-state index contributed by atoms with van der Waals surface area (Å²) in [5.74, 6) is 1.19. The number of hydrogen-bond acceptors (Lipinski definition) is 4. The molecule has 0 spiro atoms. The van der Waals surface area contributed by atoms with Crippen LogP contribution in [0.15, 0.2) is 60.7 Å². The average molecular weight is 403 g/mol. The lowest BCUT2D eigenvalue weighted by molar-refractivity contribution is 0.0709. The second-order valence-corrected chi connectivity index (χ2v) is 8.53. The van der Waals surface area contributed by atoms with Gasteiger partial charge in [-0.05, 0) is 42.5 Å². The summed E-state index contributed by atoms with van der Waals surface area (Å²) in [4.78, 5) is 20.3. The molecule has 0 radical (unpaired) electrons. The number of methoxy groups -OCH3 is 1. The van der Waals surface area contributed by atoms with Crippen molar-refractivity contribution in [2.75, 3.05) is 20.2 Å². The van der Waals surface area contributed by atoms with Gasteiger partial charge in [0.25, 0.3) is 5.91 Å². The molecule has 4 aromatic rings. The number of amides is 1. The summed E-state index contributed by atoms with van der Waals surface area (Å²) < 4.78 is 6.69. The lowest BCUT2D eigenvalue weighted by atomic mass is 9.96. The van der Waals surface area contributed by atoms with Crippen LogP contribution in [-0.2, 0) is 0 Å². The Hall–Kier alpha value is -2.92. The Bertz CT molecular complexity index is 1170. The first-order chi connectivity index (χ1) is 14.2. The van der Waals surface area contributed by atoms with Gasteiger partial charge >= 0.3 is 0 Å². The Morgan fingerprint density at radius 2 is 1.86 bits per heavy atom. The molecule has 5 heteroatoms. The van der Waals surface area contributed by atoms with E-state index in [1.165, 1.54) is 4.70 Å². The SMILES string of the molecule is COc1ccc(C(=O)N2CCC[C@H](c3nc4ccccc4s3)C2)c2ccccc12. The molecule has 1 amide bonds. The van der Waals surface area contributed by atoms with Crippen LogP contribution < -0.4 is 4.74 Å². The van der Waals surface area contributed by atoms with Crippen molar-refractivity contribution >= 4 is 38.2 Å². The molecule has 0 N–H and O–H groups in total. The summed E-state index contributed by atoms with van der Waals surface area (Å²) in [6, 6.07) is 20.0. The molecule has 29 heavy (non-hydrogen) atoms. The molecule has 0 unspecified atom stereocenters. The molecule has 4 nitrogen and oxygen atoms in total. The van der Waals surface area contributed by atoms with Crippen LogP contribution in [0.5, 0.6) is 5.75 Å². The van der Waals surface area contributed by atoms with E-state index >= 15 is 0 Å². The Morgan fingerprint density at radius 3 is 2.69 bits per heavy atom. The highest BCUT2D eigenvalue weighted by Gasteiger charge is 2.28. The molecule has 1 saturated heterocycles. The van der Waals surface area contributed by atoms with Crippen molar-refractivity contribution in [1.29, 1.82) is 0 Å². The third-order valence-electron chi connectivity index (χ3n) is 5.70. The van der Waals surface area contributed by atoms with Gasteiger partial charge in [0.15, 0.2) is 0 Å². The summed E-state index contributed by atoms with van der Waals surface area (Å²) >= 11 is 1.76. The van der Waals surface area contributed by atoms with Crippen LogP contribution in [0, 0.1) is 0 Å². The Morgan fingerprint density at radius 1 is 1.07 bits per heavy atom. The first-order valence-electron chi connectivity index (χ1n) is 9.95. The van der Waals surface area contributed by atoms with E-state index in [1.807, 2.05) is 47.4 Å². The average Bonchev–Trinajstić information content (AvgIpc) is 3.22. The van der Waals surface area contributed by atoms with Gasteiger partial charge < -0.3 is 9.64 Å². The van der Waals surface area contributed by atoms with Crippen LogP contribution in [0.25, 0.3) is 21.0 Å². The highest BCUT2D eigenvalue weighted by atomic mass is 32.1. The largest absolute Gasteiger partial charge is 0.496 e. The van der Waals surface area contributed by atoms with Crippen LogP contribution in [0.3, 0.4) is 0 Å². The fraction of sp³-hybridized carbons (Fsp3) is 0.250. The second-order valence-electron chi connectivity index (χ2n) is 7.47. The predicted molar refractivity (Wildman–Crippen MR) is 118 cm³/mol. The minimum atomic E-state index is 0.0923. The molecule has 3 aromatic carbocycles. The molecular formula is C24H22N2O2S. The number of thiazole rings is 1. The molecule has 2 heterocycles. The zero-order chi connectivity index (χ0) is 19.8.